The Bertz CT molecular complexity index is 262. The molecular weight excluding hydrogens is 195 g/mol. The minimum Gasteiger partial charge on any atom is -0.478 e. The van der Waals surface area contributed by atoms with Gasteiger partial charge in [-0.2, -0.15) is 0 Å². The number of benzene rings is 1. The van der Waals surface area contributed by atoms with Crippen LogP contribution >= 0.6 is 0 Å². The van der Waals surface area contributed by atoms with Crippen LogP contribution < -0.4 is 5.73 Å². The van der Waals surface area contributed by atoms with Crippen LogP contribution in [0.3, 0.4) is 0 Å². The first kappa shape index (κ1) is 10.1. The number of para-hydroxylation sites is 1. The van der Waals surface area contributed by atoms with E-state index in [1.807, 2.05) is 0 Å². The molecule has 0 radical (unpaired) electrons. The maximum atomic E-state index is 10.3. The average molecular weight is 203 g/mol. The fraction of sp³-hybridized carbons (Fsp3) is 0. The van der Waals surface area contributed by atoms with Crippen molar-refractivity contribution in [3.8, 4) is 0 Å². The molecule has 0 saturated carbocycles. The summed E-state index contributed by atoms with van der Waals surface area (Å²) in [7, 11) is 0. The van der Waals surface area contributed by atoms with Crippen molar-refractivity contribution in [1.29, 1.82) is 0 Å². The molecule has 0 aliphatic rings. The summed E-state index contributed by atoms with van der Waals surface area (Å²) in [6, 6.07) is 6.36. The van der Waals surface area contributed by atoms with E-state index in [1.165, 1.54) is 6.07 Å². The summed E-state index contributed by atoms with van der Waals surface area (Å²) in [5, 5.41) is 8.49. The zero-order valence-electron chi connectivity index (χ0n) is 5.95. The van der Waals surface area contributed by atoms with Gasteiger partial charge >= 0.3 is 5.97 Å². The van der Waals surface area contributed by atoms with Crippen molar-refractivity contribution in [3.05, 3.63) is 29.8 Å². The van der Waals surface area contributed by atoms with E-state index in [2.05, 4.69) is 0 Å². The van der Waals surface area contributed by atoms with Crippen LogP contribution in [0.4, 0.5) is 5.69 Å². The summed E-state index contributed by atoms with van der Waals surface area (Å²) >= 11 is 0. The molecule has 0 amide bonds. The molecule has 0 aliphatic carbocycles. The summed E-state index contributed by atoms with van der Waals surface area (Å²) < 4.78 is 0. The SMILES string of the molecule is Nc1ccccc1C(=O)O.[Zn]. The standard InChI is InChI=1S/C7H7NO2.Zn/c8-6-4-2-1-3-5(6)7(9)10;/h1-4H,8H2,(H,9,10);. The molecule has 54 valence electrons. The summed E-state index contributed by atoms with van der Waals surface area (Å²) in [6.07, 6.45) is 0. The molecule has 0 aromatic heterocycles. The molecule has 0 aliphatic heterocycles. The zero-order valence-corrected chi connectivity index (χ0v) is 8.92. The molecule has 0 unspecified atom stereocenters. The Balaban J connectivity index is 0.000001000. The first-order valence-corrected chi connectivity index (χ1v) is 2.79. The Morgan fingerprint density at radius 3 is 2.27 bits per heavy atom. The van der Waals surface area contributed by atoms with E-state index in [9.17, 15) is 4.79 Å². The van der Waals surface area contributed by atoms with Crippen LogP contribution in [0.15, 0.2) is 24.3 Å². The molecular formula is C7H7NO2Zn. The van der Waals surface area contributed by atoms with Crippen LogP contribution in [-0.4, -0.2) is 11.1 Å². The van der Waals surface area contributed by atoms with E-state index in [0.717, 1.165) is 0 Å². The van der Waals surface area contributed by atoms with Crippen molar-refractivity contribution in [2.45, 2.75) is 0 Å². The summed E-state index contributed by atoms with van der Waals surface area (Å²) in [5.41, 5.74) is 5.80. The molecule has 0 saturated heterocycles. The number of carbonyl (C=O) groups is 1. The maximum absolute atomic E-state index is 10.3. The second-order valence-electron chi connectivity index (χ2n) is 1.89. The number of nitrogens with two attached hydrogens (primary N) is 1. The van der Waals surface area contributed by atoms with E-state index >= 15 is 0 Å². The molecule has 1 aromatic carbocycles. The van der Waals surface area contributed by atoms with Gasteiger partial charge in [-0.15, -0.1) is 0 Å². The van der Waals surface area contributed by atoms with Crippen molar-refractivity contribution >= 4 is 11.7 Å². The normalized spacial score (nSPS) is 8.36. The van der Waals surface area contributed by atoms with Gasteiger partial charge in [0.25, 0.3) is 0 Å². The molecule has 11 heavy (non-hydrogen) atoms. The number of rotatable bonds is 1. The van der Waals surface area contributed by atoms with Crippen LogP contribution in [0, 0.1) is 0 Å². The Labute approximate surface area is 77.0 Å². The molecule has 0 atom stereocenters. The van der Waals surface area contributed by atoms with Crippen molar-refractivity contribution in [2.24, 2.45) is 0 Å². The number of carboxylic acid groups (broad SMARTS) is 1. The molecule has 0 heterocycles. The van der Waals surface area contributed by atoms with Crippen LogP contribution in [0.1, 0.15) is 10.4 Å². The van der Waals surface area contributed by atoms with Crippen molar-refractivity contribution in [2.75, 3.05) is 5.73 Å². The minimum atomic E-state index is -0.988. The molecule has 3 N–H and O–H groups in total. The van der Waals surface area contributed by atoms with Gasteiger partial charge in [0, 0.05) is 25.2 Å². The van der Waals surface area contributed by atoms with Gasteiger partial charge in [-0.05, 0) is 12.1 Å². The van der Waals surface area contributed by atoms with E-state index in [-0.39, 0.29) is 25.0 Å². The molecule has 3 nitrogen and oxygen atoms in total. The Morgan fingerprint density at radius 2 is 1.91 bits per heavy atom. The topological polar surface area (TPSA) is 63.3 Å². The van der Waals surface area contributed by atoms with Gasteiger partial charge in [-0.1, -0.05) is 12.1 Å². The summed E-state index contributed by atoms with van der Waals surface area (Å²) in [6.45, 7) is 0. The van der Waals surface area contributed by atoms with Gasteiger partial charge in [0.1, 0.15) is 0 Å². The Kier molecular flexibility index (Phi) is 3.76. The van der Waals surface area contributed by atoms with Gasteiger partial charge in [0.15, 0.2) is 0 Å². The molecule has 0 fully saturated rings. The second kappa shape index (κ2) is 4.09. The third-order valence-corrected chi connectivity index (χ3v) is 1.19. The first-order valence-electron chi connectivity index (χ1n) is 2.79. The largest absolute Gasteiger partial charge is 0.478 e. The number of hydrogen-bond acceptors (Lipinski definition) is 2. The fourth-order valence-electron chi connectivity index (χ4n) is 0.692. The zero-order chi connectivity index (χ0) is 7.56. The van der Waals surface area contributed by atoms with Crippen molar-refractivity contribution < 1.29 is 29.4 Å². The van der Waals surface area contributed by atoms with Crippen molar-refractivity contribution in [1.82, 2.24) is 0 Å². The van der Waals surface area contributed by atoms with Crippen LogP contribution in [0.25, 0.3) is 0 Å². The Morgan fingerprint density at radius 1 is 1.36 bits per heavy atom. The van der Waals surface area contributed by atoms with E-state index in [0.29, 0.717) is 5.69 Å². The third kappa shape index (κ3) is 2.32. The molecule has 1 rings (SSSR count). The maximum Gasteiger partial charge on any atom is 0.337 e. The summed E-state index contributed by atoms with van der Waals surface area (Å²) in [5.74, 6) is -0.988. The van der Waals surface area contributed by atoms with Crippen molar-refractivity contribution in [3.63, 3.8) is 0 Å². The number of carboxylic acids is 1. The van der Waals surface area contributed by atoms with Gasteiger partial charge < -0.3 is 10.8 Å². The van der Waals surface area contributed by atoms with Gasteiger partial charge in [0.05, 0.1) is 5.56 Å². The third-order valence-electron chi connectivity index (χ3n) is 1.19. The van der Waals surface area contributed by atoms with Gasteiger partial charge in [-0.3, -0.25) is 0 Å². The second-order valence-corrected chi connectivity index (χ2v) is 1.89. The predicted octanol–water partition coefficient (Wildman–Crippen LogP) is 0.965. The van der Waals surface area contributed by atoms with E-state index < -0.39 is 5.97 Å². The van der Waals surface area contributed by atoms with E-state index in [4.69, 9.17) is 10.8 Å². The number of aromatic carboxylic acids is 1. The van der Waals surface area contributed by atoms with Crippen LogP contribution in [0.2, 0.25) is 0 Å². The predicted molar refractivity (Wildman–Crippen MR) is 37.8 cm³/mol. The van der Waals surface area contributed by atoms with Crippen LogP contribution in [-0.2, 0) is 19.5 Å². The van der Waals surface area contributed by atoms with Gasteiger partial charge in [-0.25, -0.2) is 4.79 Å². The molecule has 1 aromatic rings. The molecule has 4 heteroatoms. The number of hydrogen-bond donors (Lipinski definition) is 2. The smallest absolute Gasteiger partial charge is 0.337 e. The first-order chi connectivity index (χ1) is 4.72. The van der Waals surface area contributed by atoms with Crippen LogP contribution in [0.5, 0.6) is 0 Å². The van der Waals surface area contributed by atoms with Gasteiger partial charge in [0.2, 0.25) is 0 Å². The summed E-state index contributed by atoms with van der Waals surface area (Å²) in [4.78, 5) is 10.3. The number of nitrogen functional groups attached to an aromatic ring is 1. The molecule has 0 spiro atoms. The molecule has 0 bridgehead atoms. The monoisotopic (exact) mass is 201 g/mol. The Hall–Kier alpha value is -0.887. The fourth-order valence-corrected chi connectivity index (χ4v) is 0.692. The van der Waals surface area contributed by atoms with E-state index in [1.54, 1.807) is 18.2 Å². The average Bonchev–Trinajstić information content (AvgIpc) is 1.88. The quantitative estimate of drug-likeness (QED) is 0.527. The number of anilines is 1. The minimum absolute atomic E-state index is 0.